The topological polar surface area (TPSA) is 80.8 Å². The van der Waals surface area contributed by atoms with Crippen molar-refractivity contribution in [3.05, 3.63) is 65.5 Å². The van der Waals surface area contributed by atoms with Gasteiger partial charge in [-0.15, -0.1) is 5.10 Å². The van der Waals surface area contributed by atoms with Crippen molar-refractivity contribution in [1.29, 1.82) is 5.26 Å². The summed E-state index contributed by atoms with van der Waals surface area (Å²) in [5.41, 5.74) is 1.71. The lowest BCUT2D eigenvalue weighted by molar-refractivity contribution is -0.138. The molecular formula is C17H16N4O2. The van der Waals surface area contributed by atoms with Crippen molar-refractivity contribution >= 4 is 12.0 Å². The first kappa shape index (κ1) is 16.2. The molecule has 0 aliphatic rings. The van der Waals surface area contributed by atoms with E-state index in [0.29, 0.717) is 12.2 Å². The lowest BCUT2D eigenvalue weighted by Crippen LogP contribution is -2.05. The van der Waals surface area contributed by atoms with E-state index in [1.165, 1.54) is 6.08 Å². The second kappa shape index (κ2) is 8.29. The number of carbonyl (C=O) groups excluding carboxylic acids is 1. The Bertz CT molecular complexity index is 754. The number of nitriles is 1. The lowest BCUT2D eigenvalue weighted by Gasteiger charge is -1.98. The van der Waals surface area contributed by atoms with Crippen molar-refractivity contribution < 1.29 is 9.53 Å². The third-order valence-corrected chi connectivity index (χ3v) is 2.89. The zero-order chi connectivity index (χ0) is 16.5. The zero-order valence-corrected chi connectivity index (χ0v) is 12.7. The van der Waals surface area contributed by atoms with Crippen LogP contribution in [0.5, 0.6) is 0 Å². The van der Waals surface area contributed by atoms with Crippen molar-refractivity contribution in [3.8, 4) is 6.07 Å². The minimum Gasteiger partial charge on any atom is -0.462 e. The van der Waals surface area contributed by atoms with Crippen molar-refractivity contribution in [2.45, 2.75) is 13.5 Å². The number of aromatic nitrogens is 3. The maximum absolute atomic E-state index is 11.4. The van der Waals surface area contributed by atoms with Crippen molar-refractivity contribution in [2.24, 2.45) is 0 Å². The van der Waals surface area contributed by atoms with Crippen LogP contribution >= 0.6 is 0 Å². The Morgan fingerprint density at radius 1 is 1.39 bits per heavy atom. The molecule has 2 aromatic rings. The van der Waals surface area contributed by atoms with Crippen LogP contribution < -0.4 is 0 Å². The van der Waals surface area contributed by atoms with Gasteiger partial charge in [-0.25, -0.2) is 9.48 Å². The largest absolute Gasteiger partial charge is 0.462 e. The number of nitrogens with zero attached hydrogens (tertiary/aromatic N) is 4. The summed E-state index contributed by atoms with van der Waals surface area (Å²) in [6, 6.07) is 11.7. The maximum Gasteiger partial charge on any atom is 0.348 e. The van der Waals surface area contributed by atoms with Crippen LogP contribution in [0, 0.1) is 11.3 Å². The van der Waals surface area contributed by atoms with E-state index in [1.807, 2.05) is 30.3 Å². The molecule has 2 rings (SSSR count). The average molecular weight is 308 g/mol. The highest BCUT2D eigenvalue weighted by molar-refractivity contribution is 5.93. The molecule has 6 nitrogen and oxygen atoms in total. The van der Waals surface area contributed by atoms with Crippen LogP contribution in [0.4, 0.5) is 0 Å². The molecule has 0 amide bonds. The van der Waals surface area contributed by atoms with E-state index in [0.717, 1.165) is 5.56 Å². The predicted molar refractivity (Wildman–Crippen MR) is 84.9 cm³/mol. The van der Waals surface area contributed by atoms with E-state index in [1.54, 1.807) is 36.0 Å². The van der Waals surface area contributed by atoms with Gasteiger partial charge in [-0.05, 0) is 24.6 Å². The summed E-state index contributed by atoms with van der Waals surface area (Å²) in [4.78, 5) is 11.4. The van der Waals surface area contributed by atoms with E-state index in [2.05, 4.69) is 10.3 Å². The maximum atomic E-state index is 11.4. The van der Waals surface area contributed by atoms with Gasteiger partial charge in [0, 0.05) is 0 Å². The molecule has 0 aliphatic heterocycles. The number of carbonyl (C=O) groups is 1. The summed E-state index contributed by atoms with van der Waals surface area (Å²) in [5.74, 6) is -0.632. The average Bonchev–Trinajstić information content (AvgIpc) is 3.00. The molecule has 0 saturated carbocycles. The van der Waals surface area contributed by atoms with Crippen LogP contribution in [0.15, 0.2) is 54.3 Å². The van der Waals surface area contributed by atoms with Crippen LogP contribution in [0.25, 0.3) is 6.08 Å². The molecule has 1 heterocycles. The number of ether oxygens (including phenoxy) is 1. The molecule has 0 N–H and O–H groups in total. The Balaban J connectivity index is 2.01. The second-order valence-electron chi connectivity index (χ2n) is 4.60. The van der Waals surface area contributed by atoms with Gasteiger partial charge >= 0.3 is 5.97 Å². The second-order valence-corrected chi connectivity index (χ2v) is 4.60. The number of hydrogen-bond donors (Lipinski definition) is 0. The minimum atomic E-state index is -0.632. The summed E-state index contributed by atoms with van der Waals surface area (Å²) in [6.07, 6.45) is 6.43. The summed E-state index contributed by atoms with van der Waals surface area (Å²) >= 11 is 0. The standard InChI is InChI=1S/C17H16N4O2/c1-2-23-17(22)15(11-18)9-6-10-16-13-21(20-19-16)12-14-7-4-3-5-8-14/h3-10,13H,2,12H2,1H3/b10-6+,15-9+. The fourth-order valence-electron chi connectivity index (χ4n) is 1.84. The molecule has 0 saturated heterocycles. The van der Waals surface area contributed by atoms with Gasteiger partial charge in [0.15, 0.2) is 0 Å². The van der Waals surface area contributed by atoms with Crippen molar-refractivity contribution in [3.63, 3.8) is 0 Å². The highest BCUT2D eigenvalue weighted by atomic mass is 16.5. The number of hydrogen-bond acceptors (Lipinski definition) is 5. The first-order valence-electron chi connectivity index (χ1n) is 7.12. The van der Waals surface area contributed by atoms with E-state index >= 15 is 0 Å². The number of allylic oxidation sites excluding steroid dienone is 2. The first-order chi connectivity index (χ1) is 11.2. The Hall–Kier alpha value is -3.20. The Labute approximate surface area is 134 Å². The SMILES string of the molecule is CCOC(=O)/C(C#N)=C/C=C/c1cn(Cc2ccccc2)nn1. The molecule has 6 heteroatoms. The zero-order valence-electron chi connectivity index (χ0n) is 12.7. The molecule has 0 unspecified atom stereocenters. The van der Waals surface area contributed by atoms with Crippen molar-refractivity contribution in [2.75, 3.05) is 6.61 Å². The van der Waals surface area contributed by atoms with E-state index in [-0.39, 0.29) is 12.2 Å². The molecule has 0 bridgehead atoms. The van der Waals surface area contributed by atoms with Gasteiger partial charge < -0.3 is 4.74 Å². The number of benzene rings is 1. The Kier molecular flexibility index (Phi) is 5.83. The van der Waals surface area contributed by atoms with Gasteiger partial charge in [-0.3, -0.25) is 0 Å². The Morgan fingerprint density at radius 2 is 2.17 bits per heavy atom. The number of rotatable bonds is 6. The summed E-state index contributed by atoms with van der Waals surface area (Å²) in [5, 5.41) is 16.9. The molecular weight excluding hydrogens is 292 g/mol. The molecule has 0 radical (unpaired) electrons. The van der Waals surface area contributed by atoms with E-state index < -0.39 is 5.97 Å². The molecule has 1 aromatic heterocycles. The van der Waals surface area contributed by atoms with Gasteiger partial charge in [0.1, 0.15) is 17.3 Å². The quantitative estimate of drug-likeness (QED) is 0.354. The first-order valence-corrected chi connectivity index (χ1v) is 7.12. The smallest absolute Gasteiger partial charge is 0.348 e. The Morgan fingerprint density at radius 3 is 2.87 bits per heavy atom. The van der Waals surface area contributed by atoms with E-state index in [9.17, 15) is 4.79 Å². The molecule has 116 valence electrons. The van der Waals surface area contributed by atoms with Crippen LogP contribution in [-0.4, -0.2) is 27.6 Å². The van der Waals surface area contributed by atoms with Crippen LogP contribution in [0.1, 0.15) is 18.2 Å². The van der Waals surface area contributed by atoms with Crippen molar-refractivity contribution in [1.82, 2.24) is 15.0 Å². The van der Waals surface area contributed by atoms with Crippen LogP contribution in [-0.2, 0) is 16.1 Å². The third kappa shape index (κ3) is 4.93. The molecule has 0 spiro atoms. The molecule has 23 heavy (non-hydrogen) atoms. The highest BCUT2D eigenvalue weighted by Gasteiger charge is 2.07. The molecule has 0 aliphatic carbocycles. The van der Waals surface area contributed by atoms with Crippen LogP contribution in [0.2, 0.25) is 0 Å². The monoisotopic (exact) mass is 308 g/mol. The van der Waals surface area contributed by atoms with Gasteiger partial charge in [-0.2, -0.15) is 5.26 Å². The van der Waals surface area contributed by atoms with Crippen LogP contribution in [0.3, 0.4) is 0 Å². The molecule has 1 aromatic carbocycles. The molecule has 0 atom stereocenters. The summed E-state index contributed by atoms with van der Waals surface area (Å²) in [6.45, 7) is 2.55. The van der Waals surface area contributed by atoms with Gasteiger partial charge in [0.25, 0.3) is 0 Å². The fourth-order valence-corrected chi connectivity index (χ4v) is 1.84. The number of esters is 1. The van der Waals surface area contributed by atoms with E-state index in [4.69, 9.17) is 10.00 Å². The minimum absolute atomic E-state index is 0.0558. The fraction of sp³-hybridized carbons (Fsp3) is 0.176. The van der Waals surface area contributed by atoms with Gasteiger partial charge in [0.05, 0.1) is 19.3 Å². The summed E-state index contributed by atoms with van der Waals surface area (Å²) in [7, 11) is 0. The predicted octanol–water partition coefficient (Wildman–Crippen LogP) is 2.35. The third-order valence-electron chi connectivity index (χ3n) is 2.89. The van der Waals surface area contributed by atoms with Gasteiger partial charge in [-0.1, -0.05) is 41.6 Å². The van der Waals surface area contributed by atoms with Gasteiger partial charge in [0.2, 0.25) is 0 Å². The molecule has 0 fully saturated rings. The lowest BCUT2D eigenvalue weighted by atomic mass is 10.2. The highest BCUT2D eigenvalue weighted by Crippen LogP contribution is 2.04. The normalized spacial score (nSPS) is 11.4. The summed E-state index contributed by atoms with van der Waals surface area (Å²) < 4.78 is 6.49.